The summed E-state index contributed by atoms with van der Waals surface area (Å²) in [7, 11) is 1.38. The summed E-state index contributed by atoms with van der Waals surface area (Å²) in [5.41, 5.74) is 0.930. The number of hydrogen-bond acceptors (Lipinski definition) is 2. The van der Waals surface area contributed by atoms with E-state index in [1.807, 2.05) is 12.1 Å². The van der Waals surface area contributed by atoms with Crippen LogP contribution in [-0.4, -0.2) is 13.1 Å². The minimum atomic E-state index is -0.218. The molecule has 0 aliphatic heterocycles. The van der Waals surface area contributed by atoms with E-state index in [0.29, 0.717) is 6.42 Å². The van der Waals surface area contributed by atoms with E-state index >= 15 is 0 Å². The van der Waals surface area contributed by atoms with Crippen molar-refractivity contribution in [3.05, 3.63) is 35.9 Å². The van der Waals surface area contributed by atoms with E-state index in [1.165, 1.54) is 23.5 Å². The Labute approximate surface area is 94.7 Å². The van der Waals surface area contributed by atoms with Crippen LogP contribution in [0.3, 0.4) is 0 Å². The quantitative estimate of drug-likeness (QED) is 0.474. The van der Waals surface area contributed by atoms with Crippen molar-refractivity contribution in [1.29, 1.82) is 0 Å². The van der Waals surface area contributed by atoms with Gasteiger partial charge in [-0.1, -0.05) is 0 Å². The second kappa shape index (κ2) is 8.39. The number of carbonyl (C=O) groups is 1. The zero-order valence-corrected chi connectivity index (χ0v) is 12.0. The molecule has 4 heteroatoms. The van der Waals surface area contributed by atoms with Crippen molar-refractivity contribution >= 4 is 19.6 Å². The van der Waals surface area contributed by atoms with Crippen molar-refractivity contribution in [3.8, 4) is 0 Å². The van der Waals surface area contributed by atoms with Gasteiger partial charge in [0.05, 0.1) is 7.11 Å². The van der Waals surface area contributed by atoms with Gasteiger partial charge in [0.25, 0.3) is 5.97 Å². The Kier molecular flexibility index (Phi) is 8.26. The van der Waals surface area contributed by atoms with E-state index in [1.54, 1.807) is 12.1 Å². The van der Waals surface area contributed by atoms with E-state index in [0.717, 1.165) is 5.56 Å². The number of halogens is 1. The molecule has 0 aliphatic rings. The molecule has 0 saturated carbocycles. The van der Waals surface area contributed by atoms with Gasteiger partial charge in [-0.3, -0.25) is 4.79 Å². The van der Waals surface area contributed by atoms with E-state index in [2.05, 4.69) is 24.4 Å². The Morgan fingerprint density at radius 1 is 1.69 bits per heavy atom. The van der Waals surface area contributed by atoms with Gasteiger partial charge in [0.1, 0.15) is 0 Å². The summed E-state index contributed by atoms with van der Waals surface area (Å²) >= 11 is 4.25. The molecule has 1 rings (SSSR count). The molecule has 0 bridgehead atoms. The Morgan fingerprint density at radius 2 is 2.38 bits per heavy atom. The molecule has 13 heavy (non-hydrogen) atoms. The van der Waals surface area contributed by atoms with Crippen LogP contribution in [0.15, 0.2) is 24.3 Å². The molecule has 0 radical (unpaired) electrons. The van der Waals surface area contributed by atoms with Gasteiger partial charge >= 0.3 is 30.0 Å². The van der Waals surface area contributed by atoms with Gasteiger partial charge in [-0.15, -0.1) is 5.56 Å². The van der Waals surface area contributed by atoms with Crippen molar-refractivity contribution in [3.63, 3.8) is 0 Å². The number of ether oxygens (including phenoxy) is 1. The summed E-state index contributed by atoms with van der Waals surface area (Å²) in [6.07, 6.45) is 0.327. The average molecular weight is 294 g/mol. The normalized spacial score (nSPS) is 8.31. The van der Waals surface area contributed by atoms with Crippen LogP contribution < -0.4 is 0 Å². The van der Waals surface area contributed by atoms with Crippen molar-refractivity contribution in [2.75, 3.05) is 7.11 Å². The molecule has 0 unspecified atom stereocenters. The topological polar surface area (TPSA) is 26.3 Å². The molecule has 0 atom stereocenters. The SMILES string of the molecule is COC(=O)Cc1c[c-]ccc1.[Zn+][Br]. The number of hydrogen-bond donors (Lipinski definition) is 0. The van der Waals surface area contributed by atoms with Crippen LogP contribution in [-0.2, 0) is 32.3 Å². The van der Waals surface area contributed by atoms with Gasteiger partial charge in [0.15, 0.2) is 0 Å². The number of esters is 1. The van der Waals surface area contributed by atoms with E-state index in [4.69, 9.17) is 0 Å². The van der Waals surface area contributed by atoms with Crippen molar-refractivity contribution in [2.45, 2.75) is 6.42 Å². The summed E-state index contributed by atoms with van der Waals surface area (Å²) in [5.74, 6) is -0.218. The summed E-state index contributed by atoms with van der Waals surface area (Å²) in [6.45, 7) is 0. The first-order valence-corrected chi connectivity index (χ1v) is 10.6. The second-order valence-corrected chi connectivity index (χ2v) is 2.16. The van der Waals surface area contributed by atoms with Crippen LogP contribution in [0, 0.1) is 6.07 Å². The molecule has 0 saturated heterocycles. The minimum absolute atomic E-state index is 0.218. The van der Waals surface area contributed by atoms with E-state index < -0.39 is 0 Å². The summed E-state index contributed by atoms with van der Waals surface area (Å²) in [5, 5.41) is 0. The van der Waals surface area contributed by atoms with Gasteiger partial charge in [0, 0.05) is 6.42 Å². The predicted octanol–water partition coefficient (Wildman–Crippen LogP) is 2.05. The molecular weight excluding hydrogens is 285 g/mol. The predicted molar refractivity (Wildman–Crippen MR) is 49.9 cm³/mol. The van der Waals surface area contributed by atoms with Gasteiger partial charge < -0.3 is 4.74 Å². The van der Waals surface area contributed by atoms with Gasteiger partial charge in [-0.05, 0) is 0 Å². The first kappa shape index (κ1) is 12.8. The molecule has 66 valence electrons. The van der Waals surface area contributed by atoms with E-state index in [9.17, 15) is 4.79 Å². The maximum absolute atomic E-state index is 10.7. The fourth-order valence-electron chi connectivity index (χ4n) is 0.779. The van der Waals surface area contributed by atoms with Gasteiger partial charge in [-0.2, -0.15) is 30.3 Å². The third kappa shape index (κ3) is 5.95. The van der Waals surface area contributed by atoms with Gasteiger partial charge in [0.2, 0.25) is 0 Å². The Balaban J connectivity index is 0.000000671. The van der Waals surface area contributed by atoms with Crippen molar-refractivity contribution < 1.29 is 25.9 Å². The van der Waals surface area contributed by atoms with Crippen LogP contribution in [0.5, 0.6) is 0 Å². The van der Waals surface area contributed by atoms with Gasteiger partial charge in [-0.25, -0.2) is 0 Å². The molecule has 0 spiro atoms. The third-order valence-electron chi connectivity index (χ3n) is 1.35. The molecule has 0 aliphatic carbocycles. The first-order valence-electron chi connectivity index (χ1n) is 3.61. The van der Waals surface area contributed by atoms with Crippen molar-refractivity contribution in [1.82, 2.24) is 0 Å². The number of carbonyl (C=O) groups excluding carboxylic acids is 1. The molecule has 0 amide bonds. The first-order chi connectivity index (χ1) is 6.33. The molecule has 0 fully saturated rings. The van der Waals surface area contributed by atoms with Crippen LogP contribution in [0.4, 0.5) is 0 Å². The second-order valence-electron chi connectivity index (χ2n) is 2.16. The number of rotatable bonds is 2. The summed E-state index contributed by atoms with van der Waals surface area (Å²) < 4.78 is 4.50. The number of methoxy groups -OCH3 is 1. The monoisotopic (exact) mass is 292 g/mol. The Hall–Kier alpha value is -0.207. The zero-order valence-electron chi connectivity index (χ0n) is 7.42. The molecule has 1 aromatic rings. The molecule has 0 heterocycles. The summed E-state index contributed by atoms with van der Waals surface area (Å²) in [4.78, 5) is 10.7. The fraction of sp³-hybridized carbons (Fsp3) is 0.222. The number of benzene rings is 1. The molecule has 1 aromatic carbocycles. The van der Waals surface area contributed by atoms with Crippen LogP contribution >= 0.6 is 13.6 Å². The van der Waals surface area contributed by atoms with Crippen LogP contribution in [0.2, 0.25) is 0 Å². The van der Waals surface area contributed by atoms with Crippen LogP contribution in [0.1, 0.15) is 5.56 Å². The average Bonchev–Trinajstić information content (AvgIpc) is 2.22. The van der Waals surface area contributed by atoms with E-state index in [-0.39, 0.29) is 5.97 Å². The third-order valence-corrected chi connectivity index (χ3v) is 1.35. The Morgan fingerprint density at radius 3 is 2.85 bits per heavy atom. The zero-order chi connectivity index (χ0) is 10.1. The molecule has 0 aromatic heterocycles. The molecular formula is C9H9BrO2Zn. The standard InChI is InChI=1S/C9H9O2.BrH.Zn/c1-11-9(10)7-8-5-3-2-4-6-8;;/h2-3,5-6H,7H2,1H3;1H;/q-1;;+2/p-1. The van der Waals surface area contributed by atoms with Crippen molar-refractivity contribution in [2.24, 2.45) is 0 Å². The fourth-order valence-corrected chi connectivity index (χ4v) is 0.779. The maximum atomic E-state index is 10.7. The Bertz CT molecular complexity index is 239. The van der Waals surface area contributed by atoms with Crippen LogP contribution in [0.25, 0.3) is 0 Å². The summed E-state index contributed by atoms with van der Waals surface area (Å²) in [6, 6.07) is 10.2. The molecule has 0 N–H and O–H groups in total. The molecule has 2 nitrogen and oxygen atoms in total.